The van der Waals surface area contributed by atoms with Crippen LogP contribution < -0.4 is 16.2 Å². The minimum absolute atomic E-state index is 0.210. The van der Waals surface area contributed by atoms with E-state index in [0.29, 0.717) is 30.4 Å². The molecule has 0 aromatic carbocycles. The van der Waals surface area contributed by atoms with Gasteiger partial charge >= 0.3 is 11.7 Å². The van der Waals surface area contributed by atoms with E-state index in [-0.39, 0.29) is 17.5 Å². The number of nitrogens with one attached hydrogen (secondary N) is 1. The van der Waals surface area contributed by atoms with Crippen molar-refractivity contribution in [3.05, 3.63) is 10.5 Å². The van der Waals surface area contributed by atoms with Gasteiger partial charge in [0.25, 0.3) is 0 Å². The van der Waals surface area contributed by atoms with Crippen LogP contribution >= 0.6 is 0 Å². The van der Waals surface area contributed by atoms with Crippen LogP contribution in [0.15, 0.2) is 4.79 Å². The monoisotopic (exact) mass is 347 g/mol. The van der Waals surface area contributed by atoms with Crippen molar-refractivity contribution < 1.29 is 9.47 Å². The number of nitrogens with zero attached hydrogens (tertiary/aromatic N) is 3. The van der Waals surface area contributed by atoms with Gasteiger partial charge in [-0.3, -0.25) is 4.57 Å². The Morgan fingerprint density at radius 3 is 2.92 bits per heavy atom. The summed E-state index contributed by atoms with van der Waals surface area (Å²) >= 11 is 0. The zero-order valence-electron chi connectivity index (χ0n) is 14.4. The summed E-state index contributed by atoms with van der Waals surface area (Å²) in [5.74, 6) is 1.03. The fourth-order valence-electron chi connectivity index (χ4n) is 3.38. The highest BCUT2D eigenvalue weighted by Gasteiger charge is 2.21. The largest absolute Gasteiger partial charge is 0.463 e. The van der Waals surface area contributed by atoms with E-state index in [4.69, 9.17) is 15.2 Å². The van der Waals surface area contributed by atoms with E-state index < -0.39 is 0 Å². The predicted octanol–water partition coefficient (Wildman–Crippen LogP) is 1.84. The average molecular weight is 347 g/mol. The number of hydrogen-bond acceptors (Lipinski definition) is 6. The van der Waals surface area contributed by atoms with Crippen LogP contribution in [0.2, 0.25) is 0 Å². The van der Waals surface area contributed by atoms with E-state index in [1.165, 1.54) is 12.8 Å². The Hall–Kier alpha value is -2.09. The van der Waals surface area contributed by atoms with E-state index in [1.54, 1.807) is 4.57 Å². The Morgan fingerprint density at radius 2 is 2.16 bits per heavy atom. The van der Waals surface area contributed by atoms with Crippen molar-refractivity contribution in [3.8, 4) is 6.01 Å². The molecule has 8 heteroatoms. The number of aromatic amines is 1. The highest BCUT2D eigenvalue weighted by molar-refractivity contribution is 5.81. The fourth-order valence-corrected chi connectivity index (χ4v) is 3.38. The van der Waals surface area contributed by atoms with Crippen molar-refractivity contribution in [1.82, 2.24) is 19.5 Å². The van der Waals surface area contributed by atoms with Gasteiger partial charge in [0.15, 0.2) is 11.5 Å². The lowest BCUT2D eigenvalue weighted by Gasteiger charge is -2.09. The second kappa shape index (κ2) is 7.03. The molecule has 1 unspecified atom stereocenters. The smallest absolute Gasteiger partial charge is 0.327 e. The second-order valence-corrected chi connectivity index (χ2v) is 7.03. The highest BCUT2D eigenvalue weighted by Crippen LogP contribution is 2.32. The molecular weight excluding hydrogens is 322 g/mol. The lowest BCUT2D eigenvalue weighted by molar-refractivity contribution is 0.101. The van der Waals surface area contributed by atoms with E-state index in [2.05, 4.69) is 15.0 Å². The first-order chi connectivity index (χ1) is 12.2. The van der Waals surface area contributed by atoms with Crippen molar-refractivity contribution >= 4 is 17.0 Å². The molecule has 1 atom stereocenters. The maximum atomic E-state index is 12.3. The average Bonchev–Trinajstić information content (AvgIpc) is 3.15. The first kappa shape index (κ1) is 16.4. The lowest BCUT2D eigenvalue weighted by Crippen LogP contribution is -2.18. The van der Waals surface area contributed by atoms with Crippen LogP contribution in [0, 0.1) is 5.92 Å². The van der Waals surface area contributed by atoms with Gasteiger partial charge in [0.05, 0.1) is 12.7 Å². The Kier molecular flexibility index (Phi) is 4.61. The van der Waals surface area contributed by atoms with Crippen LogP contribution in [-0.2, 0) is 11.3 Å². The van der Waals surface area contributed by atoms with E-state index in [1.807, 2.05) is 0 Å². The number of fused-ring (bicyclic) bond motifs is 1. The third kappa shape index (κ3) is 3.78. The number of hydrogen-bond donors (Lipinski definition) is 2. The van der Waals surface area contributed by atoms with Gasteiger partial charge in [0.1, 0.15) is 5.52 Å². The van der Waals surface area contributed by atoms with Gasteiger partial charge in [-0.15, -0.1) is 0 Å². The molecule has 0 spiro atoms. The van der Waals surface area contributed by atoms with Crippen molar-refractivity contribution in [3.63, 3.8) is 0 Å². The number of nitrogens with two attached hydrogens (primary N) is 1. The van der Waals surface area contributed by atoms with Gasteiger partial charge in [-0.25, -0.2) is 4.79 Å². The minimum Gasteiger partial charge on any atom is -0.463 e. The molecule has 0 radical (unpaired) electrons. The Labute approximate surface area is 145 Å². The predicted molar refractivity (Wildman–Crippen MR) is 93.6 cm³/mol. The maximum Gasteiger partial charge on any atom is 0.327 e. The first-order valence-electron chi connectivity index (χ1n) is 9.21. The fraction of sp³-hybridized carbons (Fsp3) is 0.706. The molecule has 4 rings (SSSR count). The molecule has 1 saturated carbocycles. The topological polar surface area (TPSA) is 108 Å². The minimum atomic E-state index is -0.210. The van der Waals surface area contributed by atoms with Gasteiger partial charge in [0, 0.05) is 13.2 Å². The molecule has 2 aliphatic rings. The van der Waals surface area contributed by atoms with E-state index >= 15 is 0 Å². The molecule has 0 bridgehead atoms. The Morgan fingerprint density at radius 1 is 1.28 bits per heavy atom. The third-order valence-electron chi connectivity index (χ3n) is 5.02. The summed E-state index contributed by atoms with van der Waals surface area (Å²) in [6.45, 7) is 2.02. The molecule has 3 N–H and O–H groups in total. The molecule has 0 amide bonds. The molecule has 1 aliphatic heterocycles. The molecule has 25 heavy (non-hydrogen) atoms. The summed E-state index contributed by atoms with van der Waals surface area (Å²) in [6, 6.07) is 0.248. The van der Waals surface area contributed by atoms with Gasteiger partial charge in [-0.2, -0.15) is 9.97 Å². The number of ether oxygens (including phenoxy) is 2. The number of aromatic nitrogens is 4. The van der Waals surface area contributed by atoms with Gasteiger partial charge in [-0.1, -0.05) is 12.8 Å². The summed E-state index contributed by atoms with van der Waals surface area (Å²) < 4.78 is 12.9. The number of rotatable bonds is 8. The zero-order valence-corrected chi connectivity index (χ0v) is 14.4. The Bertz CT molecular complexity index is 789. The molecule has 1 saturated heterocycles. The standard InChI is InChI=1S/C17H25N5O3/c18-14-13-15(21-16(20-14)25-10-7-11-5-6-11)22(17(23)19-13)8-1-3-12-4-2-9-24-12/h11-12H,1-10H2,(H,19,23)(H2,18,20,21). The molecule has 2 aromatic rings. The Balaban J connectivity index is 1.47. The van der Waals surface area contributed by atoms with Crippen molar-refractivity contribution in [1.29, 1.82) is 0 Å². The van der Waals surface area contributed by atoms with E-state index in [9.17, 15) is 4.79 Å². The quantitative estimate of drug-likeness (QED) is 0.754. The number of nitrogen functional groups attached to an aromatic ring is 1. The SMILES string of the molecule is Nc1nc(OCCC2CC2)nc2c1[nH]c(=O)n2CCCC1CCCO1. The van der Waals surface area contributed by atoms with Gasteiger partial charge < -0.3 is 20.2 Å². The lowest BCUT2D eigenvalue weighted by atomic mass is 10.1. The van der Waals surface area contributed by atoms with Crippen molar-refractivity contribution in [2.45, 2.75) is 57.6 Å². The number of imidazole rings is 1. The summed E-state index contributed by atoms with van der Waals surface area (Å²) in [7, 11) is 0. The molecule has 3 heterocycles. The van der Waals surface area contributed by atoms with Crippen molar-refractivity contribution in [2.75, 3.05) is 18.9 Å². The second-order valence-electron chi connectivity index (χ2n) is 7.03. The summed E-state index contributed by atoms with van der Waals surface area (Å²) in [5, 5.41) is 0. The van der Waals surface area contributed by atoms with Crippen LogP contribution in [0.5, 0.6) is 6.01 Å². The summed E-state index contributed by atoms with van der Waals surface area (Å²) in [4.78, 5) is 23.6. The van der Waals surface area contributed by atoms with Crippen LogP contribution in [0.1, 0.15) is 44.9 Å². The highest BCUT2D eigenvalue weighted by atomic mass is 16.5. The summed E-state index contributed by atoms with van der Waals surface area (Å²) in [5.41, 5.74) is 6.77. The molecular formula is C17H25N5O3. The summed E-state index contributed by atoms with van der Waals surface area (Å²) in [6.07, 6.45) is 7.95. The maximum absolute atomic E-state index is 12.3. The normalized spacial score (nSPS) is 20.4. The number of aryl methyl sites for hydroxylation is 1. The number of anilines is 1. The van der Waals surface area contributed by atoms with Gasteiger partial charge in [-0.05, 0) is 38.0 Å². The molecule has 136 valence electrons. The first-order valence-corrected chi connectivity index (χ1v) is 9.21. The van der Waals surface area contributed by atoms with Crippen molar-refractivity contribution in [2.24, 2.45) is 5.92 Å². The third-order valence-corrected chi connectivity index (χ3v) is 5.02. The van der Waals surface area contributed by atoms with Gasteiger partial charge in [0.2, 0.25) is 0 Å². The van der Waals surface area contributed by atoms with Crippen LogP contribution in [0.4, 0.5) is 5.82 Å². The van der Waals surface area contributed by atoms with Crippen LogP contribution in [-0.4, -0.2) is 38.8 Å². The van der Waals surface area contributed by atoms with Crippen LogP contribution in [0.25, 0.3) is 11.2 Å². The zero-order chi connectivity index (χ0) is 17.2. The number of H-pyrrole nitrogens is 1. The molecule has 2 fully saturated rings. The molecule has 8 nitrogen and oxygen atoms in total. The molecule has 1 aliphatic carbocycles. The van der Waals surface area contributed by atoms with Crippen LogP contribution in [0.3, 0.4) is 0 Å². The van der Waals surface area contributed by atoms with E-state index in [0.717, 1.165) is 44.6 Å². The molecule has 2 aromatic heterocycles.